The van der Waals surface area contributed by atoms with Gasteiger partial charge in [0.15, 0.2) is 0 Å². The molecule has 3 N–H and O–H groups in total. The van der Waals surface area contributed by atoms with Crippen LogP contribution in [0.15, 0.2) is 17.8 Å². The summed E-state index contributed by atoms with van der Waals surface area (Å²) in [6.07, 6.45) is 3.57. The number of carbonyl (C=O) groups excluding carboxylic acids is 1. The molecule has 0 radical (unpaired) electrons. The third kappa shape index (κ3) is 2.89. The average Bonchev–Trinajstić information content (AvgIpc) is 2.94. The van der Waals surface area contributed by atoms with Gasteiger partial charge in [0, 0.05) is 37.3 Å². The van der Waals surface area contributed by atoms with E-state index in [-0.39, 0.29) is 5.91 Å². The van der Waals surface area contributed by atoms with Crippen LogP contribution in [0.2, 0.25) is 0 Å². The van der Waals surface area contributed by atoms with Gasteiger partial charge in [-0.1, -0.05) is 0 Å². The first-order valence-corrected chi connectivity index (χ1v) is 5.97. The number of nitrogens with two attached hydrogens (primary N) is 1. The second-order valence-electron chi connectivity index (χ2n) is 3.54. The smallest absolute Gasteiger partial charge is 0.271 e. The zero-order chi connectivity index (χ0) is 12.3. The zero-order valence-electron chi connectivity index (χ0n) is 9.38. The molecule has 17 heavy (non-hydrogen) atoms. The Kier molecular flexibility index (Phi) is 3.50. The number of amides is 1. The Balaban J connectivity index is 1.93. The quantitative estimate of drug-likeness (QED) is 0.816. The van der Waals surface area contributed by atoms with Gasteiger partial charge in [0.05, 0.1) is 6.20 Å². The van der Waals surface area contributed by atoms with Gasteiger partial charge in [-0.25, -0.2) is 4.98 Å². The van der Waals surface area contributed by atoms with Gasteiger partial charge in [-0.2, -0.15) is 5.10 Å². The van der Waals surface area contributed by atoms with Gasteiger partial charge in [0.1, 0.15) is 10.7 Å². The van der Waals surface area contributed by atoms with Crippen molar-refractivity contribution in [2.75, 3.05) is 0 Å². The number of aryl methyl sites for hydroxylation is 1. The fraction of sp³-hybridized carbons (Fsp3) is 0.300. The predicted molar refractivity (Wildman–Crippen MR) is 64.4 cm³/mol. The molecule has 2 aromatic heterocycles. The second-order valence-corrected chi connectivity index (χ2v) is 4.48. The van der Waals surface area contributed by atoms with Crippen LogP contribution in [0, 0.1) is 0 Å². The maximum absolute atomic E-state index is 11.7. The third-order valence-electron chi connectivity index (χ3n) is 2.17. The monoisotopic (exact) mass is 251 g/mol. The Morgan fingerprint density at radius 1 is 1.65 bits per heavy atom. The van der Waals surface area contributed by atoms with E-state index in [1.54, 1.807) is 16.3 Å². The van der Waals surface area contributed by atoms with E-state index in [0.29, 0.717) is 18.8 Å². The first-order valence-electron chi connectivity index (χ1n) is 5.09. The largest absolute Gasteiger partial charge is 0.346 e. The fourth-order valence-corrected chi connectivity index (χ4v) is 2.00. The molecule has 0 spiro atoms. The van der Waals surface area contributed by atoms with Crippen LogP contribution < -0.4 is 11.1 Å². The van der Waals surface area contributed by atoms with Crippen LogP contribution >= 0.6 is 11.3 Å². The number of rotatable bonds is 4. The molecule has 6 nitrogen and oxygen atoms in total. The molecule has 2 heterocycles. The first-order chi connectivity index (χ1) is 8.19. The molecule has 0 unspecified atom stereocenters. The van der Waals surface area contributed by atoms with E-state index in [1.165, 1.54) is 11.3 Å². The van der Waals surface area contributed by atoms with Crippen molar-refractivity contribution in [2.45, 2.75) is 13.1 Å². The van der Waals surface area contributed by atoms with E-state index in [2.05, 4.69) is 15.4 Å². The number of thiazole rings is 1. The number of carbonyl (C=O) groups is 1. The summed E-state index contributed by atoms with van der Waals surface area (Å²) < 4.78 is 1.69. The first kappa shape index (κ1) is 11.7. The average molecular weight is 251 g/mol. The molecular weight excluding hydrogens is 238 g/mol. The molecule has 0 aromatic carbocycles. The highest BCUT2D eigenvalue weighted by molar-refractivity contribution is 7.09. The van der Waals surface area contributed by atoms with E-state index in [1.807, 2.05) is 13.2 Å². The van der Waals surface area contributed by atoms with Crippen LogP contribution in [-0.4, -0.2) is 20.7 Å². The Labute approximate surface area is 102 Å². The molecule has 7 heteroatoms. The fourth-order valence-electron chi connectivity index (χ4n) is 1.34. The SMILES string of the molecule is Cn1cc(CNC(=O)c2csc(CN)n2)cn1. The van der Waals surface area contributed by atoms with Crippen molar-refractivity contribution in [2.24, 2.45) is 12.8 Å². The molecule has 0 atom stereocenters. The summed E-state index contributed by atoms with van der Waals surface area (Å²) in [5.74, 6) is -0.190. The normalized spacial score (nSPS) is 10.5. The molecule has 2 rings (SSSR count). The molecule has 1 amide bonds. The number of nitrogens with zero attached hydrogens (tertiary/aromatic N) is 3. The van der Waals surface area contributed by atoms with E-state index in [9.17, 15) is 4.79 Å². The Morgan fingerprint density at radius 2 is 2.47 bits per heavy atom. The minimum Gasteiger partial charge on any atom is -0.346 e. The van der Waals surface area contributed by atoms with Gasteiger partial charge in [0.2, 0.25) is 0 Å². The molecule has 90 valence electrons. The van der Waals surface area contributed by atoms with Gasteiger partial charge in [-0.05, 0) is 0 Å². The van der Waals surface area contributed by atoms with Crippen molar-refractivity contribution in [3.05, 3.63) is 34.0 Å². The van der Waals surface area contributed by atoms with Crippen molar-refractivity contribution >= 4 is 17.2 Å². The molecule has 0 saturated heterocycles. The van der Waals surface area contributed by atoms with Crippen LogP contribution in [0.5, 0.6) is 0 Å². The number of nitrogens with one attached hydrogen (secondary N) is 1. The summed E-state index contributed by atoms with van der Waals surface area (Å²) in [5.41, 5.74) is 6.81. The highest BCUT2D eigenvalue weighted by Crippen LogP contribution is 2.08. The third-order valence-corrected chi connectivity index (χ3v) is 3.04. The minimum absolute atomic E-state index is 0.190. The van der Waals surface area contributed by atoms with Gasteiger partial charge < -0.3 is 11.1 Å². The molecule has 0 aliphatic rings. The lowest BCUT2D eigenvalue weighted by Gasteiger charge is -1.99. The van der Waals surface area contributed by atoms with E-state index < -0.39 is 0 Å². The molecular formula is C10H13N5OS. The molecule has 0 bridgehead atoms. The Bertz CT molecular complexity index is 518. The molecule has 2 aromatic rings. The molecule has 0 aliphatic heterocycles. The highest BCUT2D eigenvalue weighted by atomic mass is 32.1. The standard InChI is InChI=1S/C10H13N5OS/c1-15-5-7(4-13-15)3-12-10(16)8-6-17-9(2-11)14-8/h4-6H,2-3,11H2,1H3,(H,12,16). The van der Waals surface area contributed by atoms with Crippen molar-refractivity contribution in [3.8, 4) is 0 Å². The number of hydrogen-bond donors (Lipinski definition) is 2. The van der Waals surface area contributed by atoms with E-state index in [0.717, 1.165) is 10.6 Å². The number of aromatic nitrogens is 3. The summed E-state index contributed by atoms with van der Waals surface area (Å²) in [7, 11) is 1.83. The Morgan fingerprint density at radius 3 is 3.06 bits per heavy atom. The van der Waals surface area contributed by atoms with Gasteiger partial charge >= 0.3 is 0 Å². The summed E-state index contributed by atoms with van der Waals surface area (Å²) in [5, 5.41) is 9.27. The number of hydrogen-bond acceptors (Lipinski definition) is 5. The molecule has 0 fully saturated rings. The van der Waals surface area contributed by atoms with E-state index >= 15 is 0 Å². The molecule has 0 saturated carbocycles. The van der Waals surface area contributed by atoms with Gasteiger partial charge in [0.25, 0.3) is 5.91 Å². The minimum atomic E-state index is -0.190. The maximum atomic E-state index is 11.7. The Hall–Kier alpha value is -1.73. The van der Waals surface area contributed by atoms with Crippen molar-refractivity contribution in [1.82, 2.24) is 20.1 Å². The van der Waals surface area contributed by atoms with Crippen LogP contribution in [0.1, 0.15) is 21.1 Å². The van der Waals surface area contributed by atoms with Gasteiger partial charge in [-0.3, -0.25) is 9.48 Å². The lowest BCUT2D eigenvalue weighted by atomic mass is 10.3. The molecule has 0 aliphatic carbocycles. The van der Waals surface area contributed by atoms with E-state index in [4.69, 9.17) is 5.73 Å². The van der Waals surface area contributed by atoms with Crippen molar-refractivity contribution in [1.29, 1.82) is 0 Å². The van der Waals surface area contributed by atoms with Crippen LogP contribution in [0.4, 0.5) is 0 Å². The zero-order valence-corrected chi connectivity index (χ0v) is 10.2. The van der Waals surface area contributed by atoms with Crippen LogP contribution in [0.3, 0.4) is 0 Å². The summed E-state index contributed by atoms with van der Waals surface area (Å²) in [6.45, 7) is 0.808. The highest BCUT2D eigenvalue weighted by Gasteiger charge is 2.09. The van der Waals surface area contributed by atoms with Crippen LogP contribution in [0.25, 0.3) is 0 Å². The van der Waals surface area contributed by atoms with Crippen LogP contribution in [-0.2, 0) is 20.1 Å². The lowest BCUT2D eigenvalue weighted by Crippen LogP contribution is -2.23. The second kappa shape index (κ2) is 5.07. The maximum Gasteiger partial charge on any atom is 0.271 e. The van der Waals surface area contributed by atoms with Gasteiger partial charge in [-0.15, -0.1) is 11.3 Å². The predicted octanol–water partition coefficient (Wildman–Crippen LogP) is 0.265. The van der Waals surface area contributed by atoms with Crippen molar-refractivity contribution in [3.63, 3.8) is 0 Å². The lowest BCUT2D eigenvalue weighted by molar-refractivity contribution is 0.0946. The summed E-state index contributed by atoms with van der Waals surface area (Å²) in [4.78, 5) is 15.8. The summed E-state index contributed by atoms with van der Waals surface area (Å²) >= 11 is 1.39. The van der Waals surface area contributed by atoms with Crippen molar-refractivity contribution < 1.29 is 4.79 Å². The topological polar surface area (TPSA) is 85.8 Å². The summed E-state index contributed by atoms with van der Waals surface area (Å²) in [6, 6.07) is 0.